The number of hydrogen-bond acceptors (Lipinski definition) is 4. The van der Waals surface area contributed by atoms with Gasteiger partial charge in [-0.2, -0.15) is 0 Å². The second kappa shape index (κ2) is 6.45. The van der Waals surface area contributed by atoms with E-state index in [9.17, 15) is 9.90 Å². The second-order valence-corrected chi connectivity index (χ2v) is 4.82. The molecule has 0 aliphatic heterocycles. The molecule has 2 atom stereocenters. The van der Waals surface area contributed by atoms with Crippen LogP contribution >= 0.6 is 0 Å². The van der Waals surface area contributed by atoms with Crippen LogP contribution in [-0.4, -0.2) is 30.1 Å². The van der Waals surface area contributed by atoms with E-state index in [1.165, 1.54) is 4.90 Å². The van der Waals surface area contributed by atoms with Gasteiger partial charge in [0.15, 0.2) is 6.10 Å². The lowest BCUT2D eigenvalue weighted by Gasteiger charge is -2.26. The maximum absolute atomic E-state index is 12.4. The van der Waals surface area contributed by atoms with E-state index in [0.29, 0.717) is 17.1 Å². The molecule has 0 saturated carbocycles. The number of benzene rings is 1. The first kappa shape index (κ1) is 15.1. The van der Waals surface area contributed by atoms with Gasteiger partial charge in [0.25, 0.3) is 5.91 Å². The molecule has 0 aliphatic rings. The van der Waals surface area contributed by atoms with Gasteiger partial charge in [0.1, 0.15) is 11.5 Å². The molecule has 2 rings (SSSR count). The summed E-state index contributed by atoms with van der Waals surface area (Å²) in [4.78, 5) is 13.8. The molecule has 0 bridgehead atoms. The lowest BCUT2D eigenvalue weighted by atomic mass is 10.1. The molecule has 1 heterocycles. The van der Waals surface area contributed by atoms with Crippen LogP contribution in [0.3, 0.4) is 0 Å². The molecule has 1 aromatic carbocycles. The van der Waals surface area contributed by atoms with Crippen LogP contribution in [0.15, 0.2) is 47.1 Å². The first-order chi connectivity index (χ1) is 10.0. The maximum atomic E-state index is 12.4. The first-order valence-corrected chi connectivity index (χ1v) is 6.66. The van der Waals surface area contributed by atoms with Crippen molar-refractivity contribution in [2.24, 2.45) is 0 Å². The summed E-state index contributed by atoms with van der Waals surface area (Å²) in [5, 5.41) is 10.2. The van der Waals surface area contributed by atoms with Crippen molar-refractivity contribution in [2.45, 2.75) is 19.1 Å². The predicted molar refractivity (Wildman–Crippen MR) is 77.8 cm³/mol. The Kier molecular flexibility index (Phi) is 4.65. The molecule has 1 aromatic heterocycles. The summed E-state index contributed by atoms with van der Waals surface area (Å²) in [5.74, 6) is 0.872. The lowest BCUT2D eigenvalue weighted by Crippen LogP contribution is -2.33. The Morgan fingerprint density at radius 2 is 2.10 bits per heavy atom. The van der Waals surface area contributed by atoms with E-state index in [0.717, 1.165) is 0 Å². The fourth-order valence-electron chi connectivity index (χ4n) is 2.06. The van der Waals surface area contributed by atoms with Gasteiger partial charge in [-0.15, -0.1) is 0 Å². The van der Waals surface area contributed by atoms with Crippen molar-refractivity contribution in [3.8, 4) is 5.75 Å². The smallest absolute Gasteiger partial charge is 0.256 e. The van der Waals surface area contributed by atoms with E-state index in [4.69, 9.17) is 9.15 Å². The molecule has 0 fully saturated rings. The number of nitrogens with zero attached hydrogens (tertiary/aromatic N) is 1. The Morgan fingerprint density at radius 3 is 2.71 bits per heavy atom. The highest BCUT2D eigenvalue weighted by molar-refractivity contribution is 5.82. The fourth-order valence-corrected chi connectivity index (χ4v) is 2.06. The second-order valence-electron chi connectivity index (χ2n) is 4.82. The van der Waals surface area contributed by atoms with Crippen molar-refractivity contribution in [3.63, 3.8) is 0 Å². The van der Waals surface area contributed by atoms with Crippen molar-refractivity contribution >= 4 is 5.91 Å². The van der Waals surface area contributed by atoms with Gasteiger partial charge in [0.05, 0.1) is 19.4 Å². The standard InChI is InChI=1S/C16H19NO4/c1-11(14-8-5-9-21-14)17(2)16(19)15(18)12-6-4-7-13(10-12)20-3/h4-11,15,18H,1-3H3. The molecule has 2 aromatic rings. The number of ether oxygens (including phenoxy) is 1. The Morgan fingerprint density at radius 1 is 1.33 bits per heavy atom. The van der Waals surface area contributed by atoms with Crippen molar-refractivity contribution in [2.75, 3.05) is 14.2 Å². The normalized spacial score (nSPS) is 13.5. The Hall–Kier alpha value is -2.27. The van der Waals surface area contributed by atoms with Gasteiger partial charge in [-0.1, -0.05) is 12.1 Å². The number of likely N-dealkylation sites (N-methyl/N-ethyl adjacent to an activating group) is 1. The van der Waals surface area contributed by atoms with Crippen LogP contribution < -0.4 is 4.74 Å². The summed E-state index contributed by atoms with van der Waals surface area (Å²) in [6.45, 7) is 1.84. The quantitative estimate of drug-likeness (QED) is 0.918. The summed E-state index contributed by atoms with van der Waals surface area (Å²) in [5.41, 5.74) is 0.498. The van der Waals surface area contributed by atoms with Crippen molar-refractivity contribution in [1.29, 1.82) is 0 Å². The summed E-state index contributed by atoms with van der Waals surface area (Å²) in [6.07, 6.45) is 0.324. The minimum absolute atomic E-state index is 0.257. The first-order valence-electron chi connectivity index (χ1n) is 6.66. The average molecular weight is 289 g/mol. The highest BCUT2D eigenvalue weighted by Gasteiger charge is 2.26. The molecule has 21 heavy (non-hydrogen) atoms. The highest BCUT2D eigenvalue weighted by Crippen LogP contribution is 2.25. The summed E-state index contributed by atoms with van der Waals surface area (Å²) >= 11 is 0. The molecule has 0 saturated heterocycles. The van der Waals surface area contributed by atoms with E-state index in [2.05, 4.69) is 0 Å². The Bertz CT molecular complexity index is 594. The van der Waals surface area contributed by atoms with Gasteiger partial charge < -0.3 is 19.2 Å². The van der Waals surface area contributed by atoms with Crippen LogP contribution in [0.4, 0.5) is 0 Å². The Labute approximate surface area is 123 Å². The third-order valence-corrected chi connectivity index (χ3v) is 3.53. The van der Waals surface area contributed by atoms with Gasteiger partial charge in [-0.05, 0) is 36.8 Å². The van der Waals surface area contributed by atoms with Gasteiger partial charge >= 0.3 is 0 Å². The largest absolute Gasteiger partial charge is 0.497 e. The van der Waals surface area contributed by atoms with Crippen molar-refractivity contribution in [1.82, 2.24) is 4.90 Å². The van der Waals surface area contributed by atoms with Crippen LogP contribution in [0, 0.1) is 0 Å². The van der Waals surface area contributed by atoms with E-state index in [-0.39, 0.29) is 6.04 Å². The van der Waals surface area contributed by atoms with Gasteiger partial charge in [-0.3, -0.25) is 4.79 Å². The number of hydrogen-bond donors (Lipinski definition) is 1. The molecule has 1 N–H and O–H groups in total. The van der Waals surface area contributed by atoms with E-state index in [1.807, 2.05) is 6.92 Å². The minimum atomic E-state index is -1.23. The molecule has 0 aliphatic carbocycles. The lowest BCUT2D eigenvalue weighted by molar-refractivity contribution is -0.141. The number of amides is 1. The van der Waals surface area contributed by atoms with Gasteiger partial charge in [0, 0.05) is 7.05 Å². The number of aliphatic hydroxyl groups excluding tert-OH is 1. The number of carbonyl (C=O) groups excluding carboxylic acids is 1. The van der Waals surface area contributed by atoms with Gasteiger partial charge in [0.2, 0.25) is 0 Å². The highest BCUT2D eigenvalue weighted by atomic mass is 16.5. The average Bonchev–Trinajstić information content (AvgIpc) is 3.06. The minimum Gasteiger partial charge on any atom is -0.497 e. The number of furan rings is 1. The summed E-state index contributed by atoms with van der Waals surface area (Å²) < 4.78 is 10.4. The molecular formula is C16H19NO4. The van der Waals surface area contributed by atoms with Crippen molar-refractivity contribution < 1.29 is 19.1 Å². The molecule has 1 amide bonds. The zero-order chi connectivity index (χ0) is 15.4. The number of aliphatic hydroxyl groups is 1. The SMILES string of the molecule is COc1cccc(C(O)C(=O)N(C)C(C)c2ccco2)c1. The van der Waals surface area contributed by atoms with Crippen LogP contribution in [-0.2, 0) is 4.79 Å². The zero-order valence-electron chi connectivity index (χ0n) is 12.3. The molecule has 2 unspecified atom stereocenters. The molecule has 5 nitrogen and oxygen atoms in total. The monoisotopic (exact) mass is 289 g/mol. The fraction of sp³-hybridized carbons (Fsp3) is 0.312. The zero-order valence-corrected chi connectivity index (χ0v) is 12.3. The third-order valence-electron chi connectivity index (χ3n) is 3.53. The van der Waals surface area contributed by atoms with Crippen LogP contribution in [0.5, 0.6) is 5.75 Å². The Balaban J connectivity index is 2.14. The molecular weight excluding hydrogens is 270 g/mol. The maximum Gasteiger partial charge on any atom is 0.256 e. The molecule has 0 radical (unpaired) electrons. The topological polar surface area (TPSA) is 62.9 Å². The number of rotatable bonds is 5. The van der Waals surface area contributed by atoms with Crippen LogP contribution in [0.2, 0.25) is 0 Å². The number of methoxy groups -OCH3 is 1. The van der Waals surface area contributed by atoms with Crippen LogP contribution in [0.1, 0.15) is 30.4 Å². The van der Waals surface area contributed by atoms with Crippen LogP contribution in [0.25, 0.3) is 0 Å². The van der Waals surface area contributed by atoms with Gasteiger partial charge in [-0.25, -0.2) is 0 Å². The number of carbonyl (C=O) groups is 1. The van der Waals surface area contributed by atoms with E-state index in [1.54, 1.807) is 56.8 Å². The predicted octanol–water partition coefficient (Wildman–Crippen LogP) is 2.54. The van der Waals surface area contributed by atoms with E-state index < -0.39 is 12.0 Å². The van der Waals surface area contributed by atoms with E-state index >= 15 is 0 Å². The summed E-state index contributed by atoms with van der Waals surface area (Å²) in [6, 6.07) is 10.1. The molecule has 112 valence electrons. The van der Waals surface area contributed by atoms with Crippen molar-refractivity contribution in [3.05, 3.63) is 54.0 Å². The molecule has 0 spiro atoms. The molecule has 5 heteroatoms. The third kappa shape index (κ3) is 3.25. The summed E-state index contributed by atoms with van der Waals surface area (Å²) in [7, 11) is 3.18.